The third kappa shape index (κ3) is 18.0. The zero-order valence-electron chi connectivity index (χ0n) is 34.1. The predicted molar refractivity (Wildman–Crippen MR) is 252 cm³/mol. The van der Waals surface area contributed by atoms with Gasteiger partial charge in [0.05, 0.1) is 0 Å². The first-order valence-corrected chi connectivity index (χ1v) is 19.4. The molecule has 56 heavy (non-hydrogen) atoms. The van der Waals surface area contributed by atoms with Crippen LogP contribution in [-0.2, 0) is 0 Å². The van der Waals surface area contributed by atoms with Gasteiger partial charge in [-0.15, -0.1) is 0 Å². The van der Waals surface area contributed by atoms with Gasteiger partial charge < -0.3 is 0 Å². The Bertz CT molecular complexity index is 2150. The van der Waals surface area contributed by atoms with Crippen LogP contribution in [0.15, 0.2) is 224 Å². The lowest BCUT2D eigenvalue weighted by atomic mass is 10.1. The van der Waals surface area contributed by atoms with Crippen molar-refractivity contribution in [1.82, 2.24) is 0 Å². The van der Waals surface area contributed by atoms with Crippen LogP contribution < -0.4 is 0 Å². The van der Waals surface area contributed by atoms with Crippen LogP contribution in [0.25, 0.3) is 39.8 Å². The van der Waals surface area contributed by atoms with E-state index in [1.807, 2.05) is 112 Å². The molecule has 8 aromatic rings. The van der Waals surface area contributed by atoms with Crippen molar-refractivity contribution >= 4 is 39.8 Å². The van der Waals surface area contributed by atoms with E-state index in [0.717, 1.165) is 0 Å². The molecule has 0 aromatic heterocycles. The lowest BCUT2D eigenvalue weighted by molar-refractivity contribution is 1.48. The third-order valence-electron chi connectivity index (χ3n) is 8.33. The topological polar surface area (TPSA) is 0 Å². The summed E-state index contributed by atoms with van der Waals surface area (Å²) >= 11 is 0. The minimum atomic E-state index is 1.26. The SMILES string of the molecule is C/C=C/c1ccccc1.C/C=C/c1ccccc1.C/C=C/c1ccccc1.Cc1ccc2ccccc2c1.Cc1cccc2ccccc12.Cc1ccccc1. The van der Waals surface area contributed by atoms with E-state index in [4.69, 9.17) is 0 Å². The van der Waals surface area contributed by atoms with Crippen molar-refractivity contribution in [3.8, 4) is 0 Å². The number of hydrogen-bond acceptors (Lipinski definition) is 0. The van der Waals surface area contributed by atoms with Crippen molar-refractivity contribution in [3.63, 3.8) is 0 Å². The highest BCUT2D eigenvalue weighted by Crippen LogP contribution is 2.17. The Kier molecular flexibility index (Phi) is 21.3. The summed E-state index contributed by atoms with van der Waals surface area (Å²) in [6, 6.07) is 70.8. The maximum Gasteiger partial charge on any atom is -0.0155 e. The zero-order valence-corrected chi connectivity index (χ0v) is 34.1. The van der Waals surface area contributed by atoms with Crippen molar-refractivity contribution < 1.29 is 0 Å². The van der Waals surface area contributed by atoms with Crippen molar-refractivity contribution in [2.45, 2.75) is 41.5 Å². The summed E-state index contributed by atoms with van der Waals surface area (Å²) < 4.78 is 0. The lowest BCUT2D eigenvalue weighted by Crippen LogP contribution is -1.75. The summed E-state index contributed by atoms with van der Waals surface area (Å²) in [5, 5.41) is 5.33. The minimum absolute atomic E-state index is 1.26. The fourth-order valence-corrected chi connectivity index (χ4v) is 5.50. The van der Waals surface area contributed by atoms with E-state index in [9.17, 15) is 0 Å². The van der Waals surface area contributed by atoms with Gasteiger partial charge in [0, 0.05) is 0 Å². The molecule has 0 N–H and O–H groups in total. The van der Waals surface area contributed by atoms with Crippen LogP contribution in [0.3, 0.4) is 0 Å². The van der Waals surface area contributed by atoms with E-state index in [1.165, 1.54) is 54.9 Å². The van der Waals surface area contributed by atoms with E-state index in [0.29, 0.717) is 0 Å². The molecule has 0 saturated carbocycles. The summed E-state index contributed by atoms with van der Waals surface area (Å²) in [5.74, 6) is 0. The molecule has 282 valence electrons. The number of aryl methyl sites for hydroxylation is 3. The van der Waals surface area contributed by atoms with Gasteiger partial charge in [-0.25, -0.2) is 0 Å². The average Bonchev–Trinajstić information content (AvgIpc) is 3.24. The fourth-order valence-electron chi connectivity index (χ4n) is 5.50. The molecule has 8 aromatic carbocycles. The lowest BCUT2D eigenvalue weighted by Gasteiger charge is -1.98. The van der Waals surface area contributed by atoms with Gasteiger partial charge >= 0.3 is 0 Å². The molecule has 0 spiro atoms. The normalized spacial score (nSPS) is 10.1. The Balaban J connectivity index is 0.000000181. The molecule has 0 fully saturated rings. The van der Waals surface area contributed by atoms with Crippen molar-refractivity contribution in [2.24, 2.45) is 0 Å². The molecule has 0 bridgehead atoms. The molecule has 0 aliphatic heterocycles. The molecule has 0 unspecified atom stereocenters. The summed E-state index contributed by atoms with van der Waals surface area (Å²) in [5.41, 5.74) is 7.79. The Hall–Kier alpha value is -6.50. The van der Waals surface area contributed by atoms with Crippen LogP contribution in [0, 0.1) is 20.8 Å². The van der Waals surface area contributed by atoms with Gasteiger partial charge in [-0.2, -0.15) is 0 Å². The molecule has 0 radical (unpaired) electrons. The maximum absolute atomic E-state index is 2.20. The fraction of sp³-hybridized carbons (Fsp3) is 0.107. The second-order valence-corrected chi connectivity index (χ2v) is 13.0. The molecule has 0 aliphatic carbocycles. The largest absolute Gasteiger partial charge is 0.0871 e. The second-order valence-electron chi connectivity index (χ2n) is 13.0. The monoisotopic (exact) mass is 730 g/mol. The summed E-state index contributed by atoms with van der Waals surface area (Å²) in [6.07, 6.45) is 12.4. The number of allylic oxidation sites excluding steroid dienone is 3. The quantitative estimate of drug-likeness (QED) is 0.170. The van der Waals surface area contributed by atoms with Crippen molar-refractivity contribution in [2.75, 3.05) is 0 Å². The van der Waals surface area contributed by atoms with Gasteiger partial charge in [0.1, 0.15) is 0 Å². The molecule has 0 saturated heterocycles. The molecule has 8 rings (SSSR count). The molecule has 0 heterocycles. The Morgan fingerprint density at radius 3 is 1.07 bits per heavy atom. The predicted octanol–water partition coefficient (Wildman–Crippen LogP) is 16.5. The Morgan fingerprint density at radius 2 is 0.661 bits per heavy atom. The van der Waals surface area contributed by atoms with E-state index in [2.05, 4.69) is 172 Å². The highest BCUT2D eigenvalue weighted by Gasteiger charge is 1.92. The Morgan fingerprint density at radius 1 is 0.286 bits per heavy atom. The van der Waals surface area contributed by atoms with Gasteiger partial charge in [-0.05, 0) is 85.3 Å². The van der Waals surface area contributed by atoms with Crippen LogP contribution in [0.2, 0.25) is 0 Å². The van der Waals surface area contributed by atoms with Crippen LogP contribution in [0.5, 0.6) is 0 Å². The van der Waals surface area contributed by atoms with Gasteiger partial charge in [0.2, 0.25) is 0 Å². The molecule has 0 nitrogen and oxygen atoms in total. The average molecular weight is 731 g/mol. The van der Waals surface area contributed by atoms with E-state index < -0.39 is 0 Å². The van der Waals surface area contributed by atoms with Gasteiger partial charge in [0.25, 0.3) is 0 Å². The Labute approximate surface area is 337 Å². The maximum atomic E-state index is 2.20. The molecular formula is C56H58. The van der Waals surface area contributed by atoms with Crippen LogP contribution in [0.4, 0.5) is 0 Å². The number of benzene rings is 8. The zero-order chi connectivity index (χ0) is 40.1. The first kappa shape index (κ1) is 43.9. The van der Waals surface area contributed by atoms with E-state index in [-0.39, 0.29) is 0 Å². The van der Waals surface area contributed by atoms with Gasteiger partial charge in [-0.1, -0.05) is 254 Å². The smallest absolute Gasteiger partial charge is 0.0155 e. The molecule has 0 aliphatic rings. The summed E-state index contributed by atoms with van der Waals surface area (Å²) in [6.45, 7) is 12.4. The molecule has 0 heteroatoms. The van der Waals surface area contributed by atoms with Crippen LogP contribution in [0.1, 0.15) is 54.2 Å². The molecule has 0 amide bonds. The second kappa shape index (κ2) is 27.1. The summed E-state index contributed by atoms with van der Waals surface area (Å²) in [4.78, 5) is 0. The first-order valence-electron chi connectivity index (χ1n) is 19.4. The van der Waals surface area contributed by atoms with E-state index >= 15 is 0 Å². The van der Waals surface area contributed by atoms with Crippen LogP contribution >= 0.6 is 0 Å². The highest BCUT2D eigenvalue weighted by molar-refractivity contribution is 5.85. The third-order valence-corrected chi connectivity index (χ3v) is 8.33. The van der Waals surface area contributed by atoms with Gasteiger partial charge in [0.15, 0.2) is 0 Å². The van der Waals surface area contributed by atoms with Gasteiger partial charge in [-0.3, -0.25) is 0 Å². The number of hydrogen-bond donors (Lipinski definition) is 0. The summed E-state index contributed by atoms with van der Waals surface area (Å²) in [7, 11) is 0. The first-order chi connectivity index (χ1) is 27.4. The number of fused-ring (bicyclic) bond motifs is 2. The van der Waals surface area contributed by atoms with Crippen LogP contribution in [-0.4, -0.2) is 0 Å². The number of rotatable bonds is 3. The van der Waals surface area contributed by atoms with Crippen molar-refractivity contribution in [3.05, 3.63) is 258 Å². The standard InChI is InChI=1S/2C11H10.3C9H10.C7H8/c1-9-5-4-7-10-6-2-3-8-11(9)10;1-9-6-7-10-4-2-3-5-11(10)8-9;3*1-2-6-9-7-4-3-5-8-9;1-7-5-3-2-4-6-7/h2*2-8H,1H3;3*2-8H,1H3;2-6H,1H3/b;;3*6-2+;. The molecule has 0 atom stereocenters. The molecular weight excluding hydrogens is 673 g/mol. The highest BCUT2D eigenvalue weighted by atomic mass is 14.0. The minimum Gasteiger partial charge on any atom is -0.0871 e. The van der Waals surface area contributed by atoms with Crippen molar-refractivity contribution in [1.29, 1.82) is 0 Å². The van der Waals surface area contributed by atoms with E-state index in [1.54, 1.807) is 0 Å².